The van der Waals surface area contributed by atoms with E-state index in [4.69, 9.17) is 0 Å². The maximum Gasteiger partial charge on any atom is 0.355 e. The normalized spacial score (nSPS) is 10.7. The lowest BCUT2D eigenvalue weighted by Gasteiger charge is -2.12. The summed E-state index contributed by atoms with van der Waals surface area (Å²) in [5, 5.41) is 66.6. The molecule has 182 valence electrons. The van der Waals surface area contributed by atoms with Gasteiger partial charge in [-0.2, -0.15) is 0 Å². The standard InChI is InChI=1S/C18H10N8O10/c27-22(28)11-5-1-9(2-6-11)19-13-14-18(26(35)36-21-14)17(25(33)34)15(16(13)24(31)32)20-10-3-7-12(8-4-10)23(29)30/h1-8,19-20H. The summed E-state index contributed by atoms with van der Waals surface area (Å²) in [6.45, 7) is 0. The highest BCUT2D eigenvalue weighted by atomic mass is 16.8. The average molecular weight is 498 g/mol. The van der Waals surface area contributed by atoms with E-state index in [1.807, 2.05) is 0 Å². The van der Waals surface area contributed by atoms with E-state index >= 15 is 0 Å². The third-order valence-electron chi connectivity index (χ3n) is 4.84. The first-order valence-electron chi connectivity index (χ1n) is 9.49. The molecule has 0 spiro atoms. The SMILES string of the molecule is O=[N+]([O-])c1ccc(Nc2c([N+](=O)[O-])c(Nc3ccc([N+](=O)[O-])cc3)c3no[n+]([O-])c3c2[N+](=O)[O-])cc1. The number of anilines is 4. The molecule has 18 heteroatoms. The van der Waals surface area contributed by atoms with Gasteiger partial charge in [0.25, 0.3) is 16.9 Å². The number of rotatable bonds is 8. The van der Waals surface area contributed by atoms with Gasteiger partial charge in [0, 0.05) is 40.8 Å². The Morgan fingerprint density at radius 1 is 0.667 bits per heavy atom. The minimum atomic E-state index is -1.05. The zero-order valence-electron chi connectivity index (χ0n) is 17.4. The van der Waals surface area contributed by atoms with E-state index in [0.29, 0.717) is 0 Å². The van der Waals surface area contributed by atoms with E-state index in [1.54, 1.807) is 0 Å². The first-order valence-corrected chi connectivity index (χ1v) is 9.49. The van der Waals surface area contributed by atoms with Gasteiger partial charge < -0.3 is 15.8 Å². The summed E-state index contributed by atoms with van der Waals surface area (Å²) in [5.74, 6) is 0. The molecule has 3 aromatic carbocycles. The quantitative estimate of drug-likeness (QED) is 0.200. The molecule has 0 bridgehead atoms. The van der Waals surface area contributed by atoms with Crippen LogP contribution in [0.25, 0.3) is 11.0 Å². The number of aromatic nitrogens is 2. The summed E-state index contributed by atoms with van der Waals surface area (Å²) in [6, 6.07) is 9.04. The Morgan fingerprint density at radius 3 is 1.53 bits per heavy atom. The number of benzene rings is 3. The predicted octanol–water partition coefficient (Wildman–Crippen LogP) is 3.58. The molecule has 0 saturated heterocycles. The van der Waals surface area contributed by atoms with Crippen LogP contribution in [0.15, 0.2) is 53.2 Å². The van der Waals surface area contributed by atoms with Gasteiger partial charge >= 0.3 is 16.9 Å². The molecule has 0 aliphatic heterocycles. The van der Waals surface area contributed by atoms with E-state index in [-0.39, 0.29) is 27.7 Å². The molecule has 0 saturated carbocycles. The second-order valence-electron chi connectivity index (χ2n) is 6.95. The van der Waals surface area contributed by atoms with E-state index in [1.165, 1.54) is 12.1 Å². The van der Waals surface area contributed by atoms with Crippen LogP contribution in [0.2, 0.25) is 0 Å². The van der Waals surface area contributed by atoms with Crippen molar-refractivity contribution in [1.29, 1.82) is 0 Å². The number of hydrogen-bond acceptors (Lipinski definition) is 13. The van der Waals surface area contributed by atoms with Crippen LogP contribution in [0, 0.1) is 45.7 Å². The summed E-state index contributed by atoms with van der Waals surface area (Å²) >= 11 is 0. The number of nitro benzene ring substituents is 4. The minimum absolute atomic E-state index is 0.0126. The van der Waals surface area contributed by atoms with Gasteiger partial charge in [-0.3, -0.25) is 45.1 Å². The first-order chi connectivity index (χ1) is 17.1. The maximum absolute atomic E-state index is 12.2. The van der Waals surface area contributed by atoms with Crippen molar-refractivity contribution in [2.24, 2.45) is 0 Å². The number of nitrogens with one attached hydrogen (secondary N) is 2. The molecule has 0 aliphatic carbocycles. The Kier molecular flexibility index (Phi) is 5.66. The monoisotopic (exact) mass is 498 g/mol. The van der Waals surface area contributed by atoms with Crippen molar-refractivity contribution in [2.75, 3.05) is 10.6 Å². The molecule has 0 aliphatic rings. The maximum atomic E-state index is 12.2. The van der Waals surface area contributed by atoms with Crippen LogP contribution in [0.3, 0.4) is 0 Å². The van der Waals surface area contributed by atoms with Gasteiger partial charge in [0.05, 0.1) is 19.7 Å². The van der Waals surface area contributed by atoms with Gasteiger partial charge in [0.1, 0.15) is 0 Å². The fourth-order valence-electron chi connectivity index (χ4n) is 3.30. The Bertz CT molecular complexity index is 1550. The van der Waals surface area contributed by atoms with Crippen molar-refractivity contribution in [2.45, 2.75) is 0 Å². The molecule has 0 unspecified atom stereocenters. The van der Waals surface area contributed by atoms with Gasteiger partial charge in [-0.15, -0.1) is 0 Å². The van der Waals surface area contributed by atoms with Crippen molar-refractivity contribution < 1.29 is 29.2 Å². The third-order valence-corrected chi connectivity index (χ3v) is 4.84. The van der Waals surface area contributed by atoms with Gasteiger partial charge in [-0.1, -0.05) is 0 Å². The fraction of sp³-hybridized carbons (Fsp3) is 0. The van der Waals surface area contributed by atoms with Crippen molar-refractivity contribution in [3.63, 3.8) is 0 Å². The first kappa shape index (κ1) is 23.2. The Morgan fingerprint density at radius 2 is 1.11 bits per heavy atom. The van der Waals surface area contributed by atoms with E-state index < -0.39 is 53.5 Å². The smallest absolute Gasteiger partial charge is 0.355 e. The molecule has 4 aromatic rings. The van der Waals surface area contributed by atoms with Crippen LogP contribution in [-0.4, -0.2) is 24.8 Å². The molecule has 0 amide bonds. The highest BCUT2D eigenvalue weighted by Gasteiger charge is 2.41. The number of nitro groups is 4. The Labute approximate surface area is 196 Å². The topological polar surface area (TPSA) is 250 Å². The van der Waals surface area contributed by atoms with Crippen molar-refractivity contribution in [3.05, 3.63) is 94.2 Å². The molecule has 1 aromatic heterocycles. The second-order valence-corrected chi connectivity index (χ2v) is 6.95. The Balaban J connectivity index is 1.96. The highest BCUT2D eigenvalue weighted by molar-refractivity contribution is 6.07. The zero-order chi connectivity index (χ0) is 26.1. The average Bonchev–Trinajstić information content (AvgIpc) is 3.20. The van der Waals surface area contributed by atoms with Crippen LogP contribution in [-0.2, 0) is 0 Å². The lowest BCUT2D eigenvalue weighted by molar-refractivity contribution is -0.783. The Hall–Kier alpha value is -5.94. The number of nitrogens with zero attached hydrogens (tertiary/aromatic N) is 6. The molecule has 0 atom stereocenters. The molecular formula is C18H10N8O10. The number of hydrogen-bond donors (Lipinski definition) is 2. The largest absolute Gasteiger partial charge is 0.359 e. The summed E-state index contributed by atoms with van der Waals surface area (Å²) < 4.78 is 4.47. The molecule has 18 nitrogen and oxygen atoms in total. The molecule has 2 N–H and O–H groups in total. The summed E-state index contributed by atoms with van der Waals surface area (Å²) in [5.41, 5.74) is -5.03. The van der Waals surface area contributed by atoms with E-state index in [0.717, 1.165) is 36.4 Å². The van der Waals surface area contributed by atoms with Crippen LogP contribution in [0.4, 0.5) is 45.5 Å². The van der Waals surface area contributed by atoms with Gasteiger partial charge in [-0.25, -0.2) is 0 Å². The van der Waals surface area contributed by atoms with Gasteiger partial charge in [0.15, 0.2) is 5.69 Å². The third kappa shape index (κ3) is 4.07. The van der Waals surface area contributed by atoms with Crippen LogP contribution >= 0.6 is 0 Å². The number of non-ortho nitro benzene ring substituents is 2. The fourth-order valence-corrected chi connectivity index (χ4v) is 3.30. The second kappa shape index (κ2) is 8.78. The molecule has 1 heterocycles. The molecule has 4 rings (SSSR count). The van der Waals surface area contributed by atoms with Crippen molar-refractivity contribution >= 4 is 56.5 Å². The van der Waals surface area contributed by atoms with Crippen LogP contribution in [0.5, 0.6) is 0 Å². The summed E-state index contributed by atoms with van der Waals surface area (Å²) in [4.78, 5) is 42.1. The van der Waals surface area contributed by atoms with Gasteiger partial charge in [0.2, 0.25) is 5.69 Å². The van der Waals surface area contributed by atoms with E-state index in [9.17, 15) is 45.7 Å². The minimum Gasteiger partial charge on any atom is -0.359 e. The van der Waals surface area contributed by atoms with Crippen LogP contribution in [0.1, 0.15) is 0 Å². The molecule has 0 fully saturated rings. The zero-order valence-corrected chi connectivity index (χ0v) is 17.4. The van der Waals surface area contributed by atoms with Crippen LogP contribution < -0.4 is 15.5 Å². The molecular weight excluding hydrogens is 488 g/mol. The van der Waals surface area contributed by atoms with E-state index in [2.05, 4.69) is 20.4 Å². The lowest BCUT2D eigenvalue weighted by Crippen LogP contribution is -2.24. The molecule has 0 radical (unpaired) electrons. The molecule has 36 heavy (non-hydrogen) atoms. The summed E-state index contributed by atoms with van der Waals surface area (Å²) in [7, 11) is 0. The predicted molar refractivity (Wildman–Crippen MR) is 119 cm³/mol. The number of fused-ring (bicyclic) bond motifs is 1. The lowest BCUT2D eigenvalue weighted by atomic mass is 10.1. The van der Waals surface area contributed by atoms with Crippen molar-refractivity contribution in [3.8, 4) is 0 Å². The highest BCUT2D eigenvalue weighted by Crippen LogP contribution is 2.48. The van der Waals surface area contributed by atoms with Crippen molar-refractivity contribution in [1.82, 2.24) is 5.16 Å². The van der Waals surface area contributed by atoms with Gasteiger partial charge in [-0.05, 0) is 29.2 Å². The summed E-state index contributed by atoms with van der Waals surface area (Å²) in [6.07, 6.45) is 0.